The first-order chi connectivity index (χ1) is 15.4. The lowest BCUT2D eigenvalue weighted by Crippen LogP contribution is -2.17. The molecule has 4 aromatic rings. The van der Waals surface area contributed by atoms with E-state index in [1.807, 2.05) is 0 Å². The zero-order valence-electron chi connectivity index (χ0n) is 16.9. The number of nitrogens with one attached hydrogen (secondary N) is 1. The van der Waals surface area contributed by atoms with Crippen LogP contribution in [0.1, 0.15) is 21.0 Å². The van der Waals surface area contributed by atoms with Crippen LogP contribution in [0.2, 0.25) is 0 Å². The van der Waals surface area contributed by atoms with E-state index in [-0.39, 0.29) is 11.4 Å². The van der Waals surface area contributed by atoms with E-state index in [4.69, 9.17) is 14.9 Å². The molecule has 0 atom stereocenters. The molecule has 0 radical (unpaired) electrons. The van der Waals surface area contributed by atoms with Crippen LogP contribution in [0.3, 0.4) is 0 Å². The number of nitro groups is 1. The van der Waals surface area contributed by atoms with Crippen LogP contribution in [0.5, 0.6) is 5.75 Å². The zero-order valence-corrected chi connectivity index (χ0v) is 17.7. The normalized spacial score (nSPS) is 11.2. The summed E-state index contributed by atoms with van der Waals surface area (Å²) in [6.45, 7) is 1.76. The number of benzene rings is 1. The van der Waals surface area contributed by atoms with Gasteiger partial charge in [-0.15, -0.1) is 11.3 Å². The van der Waals surface area contributed by atoms with Gasteiger partial charge in [0, 0.05) is 0 Å². The minimum Gasteiger partial charge on any atom is -0.497 e. The fourth-order valence-electron chi connectivity index (χ4n) is 3.09. The molecule has 1 amide bonds. The number of nitro benzene ring substituents is 1. The van der Waals surface area contributed by atoms with Crippen LogP contribution in [-0.2, 0) is 0 Å². The second kappa shape index (κ2) is 8.43. The van der Waals surface area contributed by atoms with E-state index < -0.39 is 10.8 Å². The molecule has 0 aliphatic heterocycles. The first kappa shape index (κ1) is 20.9. The Hall–Kier alpha value is -4.32. The Balaban J connectivity index is 1.52. The van der Waals surface area contributed by atoms with Gasteiger partial charge in [0.25, 0.3) is 11.6 Å². The topological polar surface area (TPSA) is 159 Å². The van der Waals surface area contributed by atoms with Crippen molar-refractivity contribution in [2.24, 2.45) is 5.10 Å². The molecule has 1 aromatic carbocycles. The summed E-state index contributed by atoms with van der Waals surface area (Å²) in [7, 11) is 1.43. The van der Waals surface area contributed by atoms with Crippen molar-refractivity contribution in [3.8, 4) is 17.1 Å². The summed E-state index contributed by atoms with van der Waals surface area (Å²) >= 11 is 1.19. The molecule has 4 rings (SSSR count). The molecule has 0 saturated heterocycles. The van der Waals surface area contributed by atoms with Gasteiger partial charge in [0.05, 0.1) is 40.1 Å². The SMILES string of the molecule is COc1ccc(-c2ccc(/C=N\NC(=O)c3sc4ncnc(N)c4c3C)o2)c([N+](=O)[O-])c1. The van der Waals surface area contributed by atoms with Gasteiger partial charge in [0.1, 0.15) is 34.2 Å². The highest BCUT2D eigenvalue weighted by Crippen LogP contribution is 2.34. The Kier molecular flexibility index (Phi) is 5.52. The van der Waals surface area contributed by atoms with Crippen LogP contribution in [0.25, 0.3) is 21.5 Å². The fraction of sp³-hybridized carbons (Fsp3) is 0.100. The molecule has 162 valence electrons. The number of methoxy groups -OCH3 is 1. The lowest BCUT2D eigenvalue weighted by Gasteiger charge is -2.03. The Morgan fingerprint density at radius 2 is 2.16 bits per heavy atom. The van der Waals surface area contributed by atoms with Crippen LogP contribution in [0.15, 0.2) is 46.2 Å². The largest absolute Gasteiger partial charge is 0.497 e. The predicted molar refractivity (Wildman–Crippen MR) is 119 cm³/mol. The Morgan fingerprint density at radius 3 is 2.88 bits per heavy atom. The highest BCUT2D eigenvalue weighted by molar-refractivity contribution is 7.20. The molecule has 32 heavy (non-hydrogen) atoms. The summed E-state index contributed by atoms with van der Waals surface area (Å²) in [6.07, 6.45) is 2.64. The number of aryl methyl sites for hydroxylation is 1. The van der Waals surface area contributed by atoms with Gasteiger partial charge in [-0.1, -0.05) is 0 Å². The molecule has 3 heterocycles. The lowest BCUT2D eigenvalue weighted by atomic mass is 10.1. The van der Waals surface area contributed by atoms with Crippen LogP contribution in [-0.4, -0.2) is 34.1 Å². The number of anilines is 1. The van der Waals surface area contributed by atoms with Crippen molar-refractivity contribution in [1.82, 2.24) is 15.4 Å². The van der Waals surface area contributed by atoms with Gasteiger partial charge >= 0.3 is 0 Å². The third kappa shape index (κ3) is 3.86. The first-order valence-electron chi connectivity index (χ1n) is 9.14. The number of ether oxygens (including phenoxy) is 1. The Labute approximate surface area is 184 Å². The predicted octanol–water partition coefficient (Wildman–Crippen LogP) is 3.52. The number of furan rings is 1. The summed E-state index contributed by atoms with van der Waals surface area (Å²) in [6, 6.07) is 7.62. The number of amides is 1. The summed E-state index contributed by atoms with van der Waals surface area (Å²) in [5, 5.41) is 15.9. The molecule has 3 N–H and O–H groups in total. The number of aromatic nitrogens is 2. The minimum atomic E-state index is -0.515. The van der Waals surface area contributed by atoms with E-state index >= 15 is 0 Å². The molecule has 0 aliphatic carbocycles. The van der Waals surface area contributed by atoms with E-state index in [9.17, 15) is 14.9 Å². The zero-order chi connectivity index (χ0) is 22.8. The number of nitrogens with zero attached hydrogens (tertiary/aromatic N) is 4. The highest BCUT2D eigenvalue weighted by atomic mass is 32.1. The molecule has 0 spiro atoms. The van der Waals surface area contributed by atoms with Crippen LogP contribution in [0, 0.1) is 17.0 Å². The number of thiophene rings is 1. The van der Waals surface area contributed by atoms with Crippen LogP contribution >= 0.6 is 11.3 Å². The van der Waals surface area contributed by atoms with Gasteiger partial charge in [0.2, 0.25) is 0 Å². The molecule has 0 bridgehead atoms. The molecule has 0 saturated carbocycles. The van der Waals surface area contributed by atoms with Gasteiger partial charge < -0.3 is 14.9 Å². The first-order valence-corrected chi connectivity index (χ1v) is 9.96. The number of hydrazone groups is 1. The number of carbonyl (C=O) groups excluding carboxylic acids is 1. The quantitative estimate of drug-likeness (QED) is 0.255. The van der Waals surface area contributed by atoms with Gasteiger partial charge in [-0.2, -0.15) is 5.10 Å². The van der Waals surface area contributed by atoms with Gasteiger partial charge in [0.15, 0.2) is 0 Å². The van der Waals surface area contributed by atoms with Crippen molar-refractivity contribution in [2.45, 2.75) is 6.92 Å². The number of nitrogen functional groups attached to an aromatic ring is 1. The van der Waals surface area contributed by atoms with Crippen molar-refractivity contribution in [1.29, 1.82) is 0 Å². The van der Waals surface area contributed by atoms with Crippen molar-refractivity contribution >= 4 is 45.2 Å². The van der Waals surface area contributed by atoms with Crippen molar-refractivity contribution in [3.63, 3.8) is 0 Å². The van der Waals surface area contributed by atoms with Crippen molar-refractivity contribution in [3.05, 3.63) is 63.0 Å². The Morgan fingerprint density at radius 1 is 1.34 bits per heavy atom. The lowest BCUT2D eigenvalue weighted by molar-refractivity contribution is -0.384. The maximum absolute atomic E-state index is 12.5. The average Bonchev–Trinajstić information content (AvgIpc) is 3.38. The number of hydrogen-bond donors (Lipinski definition) is 2. The molecule has 0 fully saturated rings. The summed E-state index contributed by atoms with van der Waals surface area (Å²) in [5.74, 6) is 0.816. The van der Waals surface area contributed by atoms with E-state index in [0.717, 1.165) is 0 Å². The maximum Gasteiger partial charge on any atom is 0.284 e. The van der Waals surface area contributed by atoms with Crippen molar-refractivity contribution in [2.75, 3.05) is 12.8 Å². The van der Waals surface area contributed by atoms with E-state index in [1.54, 1.807) is 25.1 Å². The highest BCUT2D eigenvalue weighted by Gasteiger charge is 2.20. The molecule has 0 aliphatic rings. The minimum absolute atomic E-state index is 0.155. The van der Waals surface area contributed by atoms with Crippen LogP contribution in [0.4, 0.5) is 11.5 Å². The number of rotatable bonds is 6. The number of fused-ring (bicyclic) bond motifs is 1. The molecule has 12 heteroatoms. The standard InChI is InChI=1S/C20H16N6O5S/c1-10-16-18(21)22-9-23-20(16)32-17(10)19(27)25-24-8-12-4-6-15(31-12)13-5-3-11(30-2)7-14(13)26(28)29/h3-9H,1-2H3,(H,25,27)(H2,21,22,23)/b24-8-. The fourth-order valence-corrected chi connectivity index (χ4v) is 4.13. The molecular weight excluding hydrogens is 436 g/mol. The Bertz CT molecular complexity index is 1380. The second-order valence-corrected chi connectivity index (χ2v) is 7.54. The summed E-state index contributed by atoms with van der Waals surface area (Å²) < 4.78 is 10.7. The van der Waals surface area contributed by atoms with Gasteiger partial charge in [-0.3, -0.25) is 14.9 Å². The van der Waals surface area contributed by atoms with E-state index in [0.29, 0.717) is 43.5 Å². The van der Waals surface area contributed by atoms with E-state index in [1.165, 1.54) is 43.1 Å². The smallest absolute Gasteiger partial charge is 0.284 e. The number of hydrogen-bond acceptors (Lipinski definition) is 10. The van der Waals surface area contributed by atoms with Crippen molar-refractivity contribution < 1.29 is 18.9 Å². The third-order valence-corrected chi connectivity index (χ3v) is 5.81. The number of carbonyl (C=O) groups is 1. The molecular formula is C20H16N6O5S. The molecule has 11 nitrogen and oxygen atoms in total. The number of nitrogens with two attached hydrogens (primary N) is 1. The van der Waals surface area contributed by atoms with Gasteiger partial charge in [-0.25, -0.2) is 15.4 Å². The molecule has 3 aromatic heterocycles. The molecule has 0 unspecified atom stereocenters. The summed E-state index contributed by atoms with van der Waals surface area (Å²) in [5.41, 5.74) is 9.11. The van der Waals surface area contributed by atoms with Crippen LogP contribution < -0.4 is 15.9 Å². The third-order valence-electron chi connectivity index (χ3n) is 4.61. The summed E-state index contributed by atoms with van der Waals surface area (Å²) in [4.78, 5) is 32.5. The average molecular weight is 452 g/mol. The van der Waals surface area contributed by atoms with Gasteiger partial charge in [-0.05, 0) is 36.8 Å². The maximum atomic E-state index is 12.5. The van der Waals surface area contributed by atoms with E-state index in [2.05, 4.69) is 20.5 Å². The second-order valence-electron chi connectivity index (χ2n) is 6.54. The monoisotopic (exact) mass is 452 g/mol.